The molecule has 4 nitrogen and oxygen atoms in total. The van der Waals surface area contributed by atoms with E-state index in [1.165, 1.54) is 27.3 Å². The zero-order valence-corrected chi connectivity index (χ0v) is 33.9. The molecule has 263 valence electrons. The van der Waals surface area contributed by atoms with Crippen LogP contribution >= 0.6 is 11.3 Å². The van der Waals surface area contributed by atoms with Gasteiger partial charge >= 0.3 is 0 Å². The van der Waals surface area contributed by atoms with Gasteiger partial charge < -0.3 is 5.11 Å². The summed E-state index contributed by atoms with van der Waals surface area (Å²) in [4.78, 5) is 23.7. The first kappa shape index (κ1) is 40.3. The van der Waals surface area contributed by atoms with E-state index >= 15 is 0 Å². The van der Waals surface area contributed by atoms with Crippen molar-refractivity contribution in [3.8, 4) is 22.4 Å². The van der Waals surface area contributed by atoms with E-state index < -0.39 is 0 Å². The van der Waals surface area contributed by atoms with Gasteiger partial charge in [-0.25, -0.2) is 4.98 Å². The van der Waals surface area contributed by atoms with Crippen LogP contribution in [0.5, 0.6) is 0 Å². The number of hydrogen-bond donors (Lipinski definition) is 1. The number of aliphatic hydroxyl groups is 1. The van der Waals surface area contributed by atoms with Crippen LogP contribution in [-0.2, 0) is 36.7 Å². The minimum atomic E-state index is 0. The molecular formula is C43H53IrN2O2S-. The Hall–Kier alpha value is -3.18. The van der Waals surface area contributed by atoms with Gasteiger partial charge in [0.2, 0.25) is 0 Å². The average Bonchev–Trinajstić information content (AvgIpc) is 3.46. The first-order valence-electron chi connectivity index (χ1n) is 17.6. The number of ketones is 1. The fraction of sp³-hybridized carbons (Fsp3) is 0.419. The van der Waals surface area contributed by atoms with Crippen molar-refractivity contribution in [1.29, 1.82) is 0 Å². The Balaban J connectivity index is 0.000000347. The predicted octanol–water partition coefficient (Wildman–Crippen LogP) is 12.3. The van der Waals surface area contributed by atoms with Crippen molar-refractivity contribution in [2.75, 3.05) is 0 Å². The number of benzene rings is 2. The fourth-order valence-electron chi connectivity index (χ4n) is 6.17. The van der Waals surface area contributed by atoms with E-state index in [2.05, 4.69) is 95.3 Å². The Morgan fingerprint density at radius 2 is 1.57 bits per heavy atom. The topological polar surface area (TPSA) is 63.1 Å². The molecule has 0 amide bonds. The first-order valence-corrected chi connectivity index (χ1v) is 18.4. The summed E-state index contributed by atoms with van der Waals surface area (Å²) in [6.45, 7) is 19.4. The van der Waals surface area contributed by atoms with Crippen LogP contribution in [-0.4, -0.2) is 20.9 Å². The number of nitrogens with zero attached hydrogens (tertiary/aromatic N) is 2. The Kier molecular flexibility index (Phi) is 14.9. The molecule has 0 unspecified atom stereocenters. The summed E-state index contributed by atoms with van der Waals surface area (Å²) < 4.78 is 0. The van der Waals surface area contributed by atoms with Crippen LogP contribution in [0.1, 0.15) is 98.4 Å². The fourth-order valence-corrected chi connectivity index (χ4v) is 7.36. The van der Waals surface area contributed by atoms with Gasteiger partial charge in [-0.15, -0.1) is 40.5 Å². The van der Waals surface area contributed by atoms with Crippen molar-refractivity contribution >= 4 is 38.1 Å². The van der Waals surface area contributed by atoms with Crippen LogP contribution in [0.15, 0.2) is 78.8 Å². The summed E-state index contributed by atoms with van der Waals surface area (Å²) in [5, 5.41) is 13.4. The summed E-state index contributed by atoms with van der Waals surface area (Å²) >= 11 is 1.81. The minimum absolute atomic E-state index is 0. The van der Waals surface area contributed by atoms with E-state index in [1.807, 2.05) is 40.1 Å². The third kappa shape index (κ3) is 10.4. The molecule has 0 spiro atoms. The van der Waals surface area contributed by atoms with Crippen molar-refractivity contribution < 1.29 is 30.0 Å². The molecule has 0 atom stereocenters. The summed E-state index contributed by atoms with van der Waals surface area (Å²) in [5.41, 5.74) is 5.57. The van der Waals surface area contributed by atoms with Crippen molar-refractivity contribution in [3.63, 3.8) is 0 Å². The molecule has 0 saturated carbocycles. The van der Waals surface area contributed by atoms with Crippen LogP contribution in [0.2, 0.25) is 0 Å². The van der Waals surface area contributed by atoms with E-state index in [9.17, 15) is 9.90 Å². The molecule has 0 aliphatic carbocycles. The molecule has 5 rings (SSSR count). The van der Waals surface area contributed by atoms with E-state index in [0.717, 1.165) is 64.7 Å². The van der Waals surface area contributed by atoms with Gasteiger partial charge in [0.15, 0.2) is 5.78 Å². The Labute approximate surface area is 311 Å². The number of fused-ring (bicyclic) bond motifs is 2. The number of pyridine rings is 2. The number of carbonyl (C=O) groups is 1. The number of carbonyl (C=O) groups excluding carboxylic acids is 1. The average molecular weight is 854 g/mol. The molecule has 1 N–H and O–H groups in total. The summed E-state index contributed by atoms with van der Waals surface area (Å²) in [5.74, 6) is 1.20. The maximum Gasteiger partial charge on any atom is 0.162 e. The standard InChI is InChI=1S/C30H29N2S.C13H24O2.Ir/c1-19(2)12-25-15-23-14-24(18-32-29(23)33-25)20-10-11-31-28(17-20)22-13-21-8-6-7-9-26(21)27(16-22)30(3,4)5;1-5-10(6-2)12(14)9-13(15)11(7-3)8-4;/h6-11,14-19H,12H2,1-5H3;9-11,14H,5-8H2,1-4H3;/q-1;;/b;12-9-;. The first-order chi connectivity index (χ1) is 22.9. The largest absolute Gasteiger partial charge is 0.512 e. The molecule has 3 aromatic heterocycles. The molecule has 0 fully saturated rings. The maximum atomic E-state index is 11.7. The van der Waals surface area contributed by atoms with Crippen LogP contribution in [0.3, 0.4) is 0 Å². The molecule has 5 aromatic rings. The second-order valence-electron chi connectivity index (χ2n) is 14.2. The number of rotatable bonds is 11. The molecule has 1 radical (unpaired) electrons. The van der Waals surface area contributed by atoms with Gasteiger partial charge in [-0.3, -0.25) is 9.78 Å². The maximum absolute atomic E-state index is 11.7. The van der Waals surface area contributed by atoms with Crippen molar-refractivity contribution in [2.45, 2.75) is 99.8 Å². The Bertz CT molecular complexity index is 1860. The van der Waals surface area contributed by atoms with Crippen molar-refractivity contribution in [1.82, 2.24) is 9.97 Å². The van der Waals surface area contributed by atoms with Gasteiger partial charge in [-0.05, 0) is 67.2 Å². The third-order valence-corrected chi connectivity index (χ3v) is 10.1. The van der Waals surface area contributed by atoms with E-state index in [0.29, 0.717) is 5.92 Å². The van der Waals surface area contributed by atoms with Gasteiger partial charge in [-0.1, -0.05) is 97.5 Å². The van der Waals surface area contributed by atoms with Crippen LogP contribution in [0, 0.1) is 23.8 Å². The zero-order valence-electron chi connectivity index (χ0n) is 30.7. The van der Waals surface area contributed by atoms with Gasteiger partial charge in [0.1, 0.15) is 4.83 Å². The number of allylic oxidation sites excluding steroid dienone is 2. The monoisotopic (exact) mass is 854 g/mol. The summed E-state index contributed by atoms with van der Waals surface area (Å²) in [7, 11) is 0. The molecule has 0 bridgehead atoms. The summed E-state index contributed by atoms with van der Waals surface area (Å²) in [6.07, 6.45) is 9.89. The Morgan fingerprint density at radius 1 is 0.898 bits per heavy atom. The van der Waals surface area contributed by atoms with Gasteiger partial charge in [-0.2, -0.15) is 0 Å². The molecule has 0 aliphatic heterocycles. The smallest absolute Gasteiger partial charge is 0.162 e. The van der Waals surface area contributed by atoms with Crippen molar-refractivity contribution in [2.24, 2.45) is 17.8 Å². The number of aromatic nitrogens is 2. The quantitative estimate of drug-likeness (QED) is 0.0817. The van der Waals surface area contributed by atoms with Crippen LogP contribution in [0.4, 0.5) is 0 Å². The van der Waals surface area contributed by atoms with Crippen LogP contribution in [0.25, 0.3) is 43.4 Å². The molecule has 3 heterocycles. The molecule has 49 heavy (non-hydrogen) atoms. The van der Waals surface area contributed by atoms with Crippen LogP contribution < -0.4 is 0 Å². The Morgan fingerprint density at radius 3 is 2.20 bits per heavy atom. The number of thiophene rings is 1. The van der Waals surface area contributed by atoms with E-state index in [1.54, 1.807) is 11.3 Å². The SMILES string of the molecule is CC(C)Cc1cc2cc(-c3ccnc(-c4[c-]c5ccccc5c(C(C)(C)C)c4)c3)cnc2s1.CCC(CC)C(=O)/C=C(\O)C(CC)CC.[Ir]. The van der Waals surface area contributed by atoms with Gasteiger partial charge in [0, 0.05) is 71.9 Å². The molecule has 6 heteroatoms. The van der Waals surface area contributed by atoms with E-state index in [4.69, 9.17) is 9.97 Å². The summed E-state index contributed by atoms with van der Waals surface area (Å²) in [6, 6.07) is 23.2. The van der Waals surface area contributed by atoms with Gasteiger partial charge in [0.05, 0.1) is 5.76 Å². The molecular weight excluding hydrogens is 801 g/mol. The zero-order chi connectivity index (χ0) is 35.0. The molecule has 0 saturated heterocycles. The van der Waals surface area contributed by atoms with Gasteiger partial charge in [0.25, 0.3) is 0 Å². The predicted molar refractivity (Wildman–Crippen MR) is 206 cm³/mol. The number of aliphatic hydroxyl groups excluding tert-OH is 1. The molecule has 0 aliphatic rings. The normalized spacial score (nSPS) is 12.0. The molecule has 2 aromatic carbocycles. The second kappa shape index (κ2) is 18.2. The van der Waals surface area contributed by atoms with Crippen molar-refractivity contribution in [3.05, 3.63) is 95.3 Å². The second-order valence-corrected chi connectivity index (χ2v) is 15.4. The van der Waals surface area contributed by atoms with E-state index in [-0.39, 0.29) is 48.9 Å². The third-order valence-electron chi connectivity index (χ3n) is 9.07. The minimum Gasteiger partial charge on any atom is -0.512 e. The number of hydrogen-bond acceptors (Lipinski definition) is 5.